The number of hydrogen-bond acceptors (Lipinski definition) is 3. The first kappa shape index (κ1) is 9.47. The van der Waals surface area contributed by atoms with E-state index >= 15 is 0 Å². The minimum absolute atomic E-state index is 0. The van der Waals surface area contributed by atoms with Gasteiger partial charge >= 0.3 is 0 Å². The highest BCUT2D eigenvalue weighted by molar-refractivity contribution is 5.85. The maximum absolute atomic E-state index is 10.3. The highest BCUT2D eigenvalue weighted by Gasteiger charge is 2.05. The minimum Gasteiger partial charge on any atom is -0.344 e. The summed E-state index contributed by atoms with van der Waals surface area (Å²) in [6.07, 6.45) is 1.51. The predicted octanol–water partition coefficient (Wildman–Crippen LogP) is 1.89. The zero-order valence-corrected chi connectivity index (χ0v) is 7.25. The Morgan fingerprint density at radius 3 is 2.92 bits per heavy atom. The summed E-state index contributed by atoms with van der Waals surface area (Å²) in [4.78, 5) is 16.6. The fraction of sp³-hybridized carbons (Fsp3) is 0. The van der Waals surface area contributed by atoms with Crippen molar-refractivity contribution < 1.29 is 4.92 Å². The van der Waals surface area contributed by atoms with Gasteiger partial charge in [-0.3, -0.25) is 10.1 Å². The zero-order chi connectivity index (χ0) is 8.55. The number of nitrogens with zero attached hydrogens (tertiary/aromatic N) is 2. The van der Waals surface area contributed by atoms with Gasteiger partial charge in [0.1, 0.15) is 0 Å². The van der Waals surface area contributed by atoms with Crippen LogP contribution in [0.15, 0.2) is 24.5 Å². The number of fused-ring (bicyclic) bond motifs is 1. The molecule has 1 N–H and O–H groups in total. The quantitative estimate of drug-likeness (QED) is 0.563. The van der Waals surface area contributed by atoms with Crippen molar-refractivity contribution in [3.8, 4) is 0 Å². The highest BCUT2D eigenvalue weighted by Crippen LogP contribution is 2.16. The number of non-ortho nitro benzene ring substituents is 1. The Bertz CT molecular complexity index is 440. The molecule has 2 rings (SSSR count). The molecule has 1 aromatic carbocycles. The van der Waals surface area contributed by atoms with Crippen molar-refractivity contribution in [1.29, 1.82) is 0 Å². The lowest BCUT2D eigenvalue weighted by molar-refractivity contribution is -0.384. The van der Waals surface area contributed by atoms with E-state index < -0.39 is 4.92 Å². The second-order valence-corrected chi connectivity index (χ2v) is 2.36. The number of rotatable bonds is 1. The molecule has 6 heteroatoms. The molecule has 0 radical (unpaired) electrons. The molecule has 0 unspecified atom stereocenters. The second-order valence-electron chi connectivity index (χ2n) is 2.36. The summed E-state index contributed by atoms with van der Waals surface area (Å²) in [7, 11) is 0. The predicted molar refractivity (Wildman–Crippen MR) is 50.0 cm³/mol. The Morgan fingerprint density at radius 1 is 1.46 bits per heavy atom. The van der Waals surface area contributed by atoms with Crippen LogP contribution in [0, 0.1) is 10.1 Å². The lowest BCUT2D eigenvalue weighted by Crippen LogP contribution is -1.86. The monoisotopic (exact) mass is 199 g/mol. The number of nitro groups is 1. The smallest absolute Gasteiger partial charge is 0.271 e. The average molecular weight is 200 g/mol. The van der Waals surface area contributed by atoms with Crippen LogP contribution in [0.2, 0.25) is 0 Å². The molecule has 2 aromatic rings. The van der Waals surface area contributed by atoms with Gasteiger partial charge in [0.15, 0.2) is 0 Å². The number of nitrogens with one attached hydrogen (secondary N) is 1. The number of imidazole rings is 1. The summed E-state index contributed by atoms with van der Waals surface area (Å²) < 4.78 is 0. The van der Waals surface area contributed by atoms with Gasteiger partial charge in [0.25, 0.3) is 5.69 Å². The minimum atomic E-state index is -0.430. The van der Waals surface area contributed by atoms with E-state index in [4.69, 9.17) is 0 Å². The van der Waals surface area contributed by atoms with Gasteiger partial charge in [-0.05, 0) is 6.07 Å². The Balaban J connectivity index is 0.000000845. The molecule has 0 fully saturated rings. The molecule has 0 spiro atoms. The number of halogens is 1. The zero-order valence-electron chi connectivity index (χ0n) is 6.43. The summed E-state index contributed by atoms with van der Waals surface area (Å²) in [5.41, 5.74) is 1.50. The van der Waals surface area contributed by atoms with Crippen LogP contribution in [0.4, 0.5) is 5.69 Å². The van der Waals surface area contributed by atoms with Crippen molar-refractivity contribution >= 4 is 29.1 Å². The molecular formula is C7H6ClN3O2. The first-order valence-electron chi connectivity index (χ1n) is 3.35. The SMILES string of the molecule is Cl.O=[N+]([O-])c1ccc2nc[nH]c2c1. The number of nitro benzene ring substituents is 1. The van der Waals surface area contributed by atoms with Gasteiger partial charge in [0, 0.05) is 12.1 Å². The maximum Gasteiger partial charge on any atom is 0.271 e. The fourth-order valence-electron chi connectivity index (χ4n) is 1.04. The average Bonchev–Trinajstić information content (AvgIpc) is 2.49. The molecule has 68 valence electrons. The topological polar surface area (TPSA) is 71.8 Å². The van der Waals surface area contributed by atoms with Crippen molar-refractivity contribution in [1.82, 2.24) is 9.97 Å². The van der Waals surface area contributed by atoms with E-state index in [0.29, 0.717) is 5.52 Å². The van der Waals surface area contributed by atoms with Gasteiger partial charge in [-0.25, -0.2) is 4.98 Å². The molecule has 0 aliphatic rings. The molecule has 13 heavy (non-hydrogen) atoms. The molecule has 5 nitrogen and oxygen atoms in total. The van der Waals surface area contributed by atoms with Crippen molar-refractivity contribution in [2.24, 2.45) is 0 Å². The Morgan fingerprint density at radius 2 is 2.23 bits per heavy atom. The molecule has 1 aromatic heterocycles. The molecule has 0 amide bonds. The van der Waals surface area contributed by atoms with Gasteiger partial charge in [-0.15, -0.1) is 12.4 Å². The van der Waals surface area contributed by atoms with E-state index in [1.165, 1.54) is 18.5 Å². The van der Waals surface area contributed by atoms with E-state index in [1.807, 2.05) is 0 Å². The fourth-order valence-corrected chi connectivity index (χ4v) is 1.04. The van der Waals surface area contributed by atoms with Crippen LogP contribution in [0.5, 0.6) is 0 Å². The molecular weight excluding hydrogens is 194 g/mol. The molecule has 0 saturated heterocycles. The first-order chi connectivity index (χ1) is 5.77. The van der Waals surface area contributed by atoms with Crippen LogP contribution in [0.1, 0.15) is 0 Å². The van der Waals surface area contributed by atoms with E-state index in [9.17, 15) is 10.1 Å². The van der Waals surface area contributed by atoms with Crippen molar-refractivity contribution in [3.05, 3.63) is 34.6 Å². The normalized spacial score (nSPS) is 9.54. The second kappa shape index (κ2) is 3.40. The molecule has 0 aliphatic carbocycles. The van der Waals surface area contributed by atoms with Gasteiger partial charge < -0.3 is 4.98 Å². The standard InChI is InChI=1S/C7H5N3O2.ClH/c11-10(12)5-1-2-6-7(3-5)9-4-8-6;/h1-4H,(H,8,9);1H. The maximum atomic E-state index is 10.3. The van der Waals surface area contributed by atoms with Crippen LogP contribution < -0.4 is 0 Å². The third kappa shape index (κ3) is 1.59. The van der Waals surface area contributed by atoms with Crippen molar-refractivity contribution in [2.75, 3.05) is 0 Å². The van der Waals surface area contributed by atoms with Crippen LogP contribution in [-0.2, 0) is 0 Å². The molecule has 0 saturated carbocycles. The Labute approximate surface area is 79.3 Å². The summed E-state index contributed by atoms with van der Waals surface area (Å²) in [5.74, 6) is 0. The summed E-state index contributed by atoms with van der Waals surface area (Å²) in [6, 6.07) is 4.51. The largest absolute Gasteiger partial charge is 0.344 e. The summed E-state index contributed by atoms with van der Waals surface area (Å²) in [5, 5.41) is 10.3. The number of aromatic amines is 1. The Hall–Kier alpha value is -1.62. The molecule has 0 aliphatic heterocycles. The lowest BCUT2D eigenvalue weighted by atomic mass is 10.3. The molecule has 0 atom stereocenters. The van der Waals surface area contributed by atoms with E-state index in [-0.39, 0.29) is 18.1 Å². The number of H-pyrrole nitrogens is 1. The Kier molecular flexibility index (Phi) is 2.48. The lowest BCUT2D eigenvalue weighted by Gasteiger charge is -1.89. The van der Waals surface area contributed by atoms with Gasteiger partial charge in [0.2, 0.25) is 0 Å². The third-order valence-corrected chi connectivity index (χ3v) is 1.61. The van der Waals surface area contributed by atoms with E-state index in [1.54, 1.807) is 6.07 Å². The summed E-state index contributed by atoms with van der Waals surface area (Å²) >= 11 is 0. The van der Waals surface area contributed by atoms with Gasteiger partial charge in [0.05, 0.1) is 22.3 Å². The van der Waals surface area contributed by atoms with Crippen molar-refractivity contribution in [2.45, 2.75) is 0 Å². The van der Waals surface area contributed by atoms with Gasteiger partial charge in [-0.1, -0.05) is 0 Å². The highest BCUT2D eigenvalue weighted by atomic mass is 35.5. The van der Waals surface area contributed by atoms with Crippen LogP contribution in [-0.4, -0.2) is 14.9 Å². The van der Waals surface area contributed by atoms with Gasteiger partial charge in [-0.2, -0.15) is 0 Å². The van der Waals surface area contributed by atoms with E-state index in [2.05, 4.69) is 9.97 Å². The van der Waals surface area contributed by atoms with Crippen molar-refractivity contribution in [3.63, 3.8) is 0 Å². The number of benzene rings is 1. The third-order valence-electron chi connectivity index (χ3n) is 1.61. The van der Waals surface area contributed by atoms with Crippen LogP contribution in [0.25, 0.3) is 11.0 Å². The van der Waals surface area contributed by atoms with Crippen LogP contribution in [0.3, 0.4) is 0 Å². The molecule has 0 bridgehead atoms. The molecule has 1 heterocycles. The number of hydrogen-bond donors (Lipinski definition) is 1. The van der Waals surface area contributed by atoms with E-state index in [0.717, 1.165) is 5.52 Å². The van der Waals surface area contributed by atoms with Crippen LogP contribution >= 0.6 is 12.4 Å². The number of aromatic nitrogens is 2. The first-order valence-corrected chi connectivity index (χ1v) is 3.35. The summed E-state index contributed by atoms with van der Waals surface area (Å²) in [6.45, 7) is 0.